The maximum Gasteiger partial charge on any atom is 0.122 e. The number of hydrogen-bond acceptors (Lipinski definition) is 2. The van der Waals surface area contributed by atoms with Gasteiger partial charge in [-0.05, 0) is 31.4 Å². The molecule has 0 spiro atoms. The Labute approximate surface area is 117 Å². The van der Waals surface area contributed by atoms with Gasteiger partial charge in [0.15, 0.2) is 0 Å². The Kier molecular flexibility index (Phi) is 7.14. The van der Waals surface area contributed by atoms with Gasteiger partial charge < -0.3 is 10.1 Å². The molecule has 0 saturated heterocycles. The third-order valence-electron chi connectivity index (χ3n) is 3.49. The zero-order valence-electron chi connectivity index (χ0n) is 11.2. The fourth-order valence-electron chi connectivity index (χ4n) is 2.45. The van der Waals surface area contributed by atoms with E-state index in [-0.39, 0.29) is 12.4 Å². The van der Waals surface area contributed by atoms with Crippen molar-refractivity contribution < 1.29 is 4.74 Å². The summed E-state index contributed by atoms with van der Waals surface area (Å²) in [4.78, 5) is 0. The first-order valence-electron chi connectivity index (χ1n) is 6.78. The summed E-state index contributed by atoms with van der Waals surface area (Å²) in [6.45, 7) is 3.81. The molecule has 0 amide bonds. The number of hydrogen-bond donors (Lipinski definition) is 1. The van der Waals surface area contributed by atoms with Crippen LogP contribution < -0.4 is 10.1 Å². The van der Waals surface area contributed by atoms with Crippen LogP contribution in [0.4, 0.5) is 0 Å². The first-order valence-corrected chi connectivity index (χ1v) is 6.78. The quantitative estimate of drug-likeness (QED) is 0.823. The first-order chi connectivity index (χ1) is 8.36. The number of rotatable bonds is 5. The van der Waals surface area contributed by atoms with E-state index in [4.69, 9.17) is 4.74 Å². The molecule has 1 aromatic rings. The molecule has 0 unspecified atom stereocenters. The Morgan fingerprint density at radius 1 is 1.17 bits per heavy atom. The van der Waals surface area contributed by atoms with Gasteiger partial charge in [0.25, 0.3) is 0 Å². The van der Waals surface area contributed by atoms with E-state index in [0.29, 0.717) is 0 Å². The molecule has 1 fully saturated rings. The summed E-state index contributed by atoms with van der Waals surface area (Å²) in [7, 11) is 0. The molecule has 0 bridgehead atoms. The summed E-state index contributed by atoms with van der Waals surface area (Å²) in [5, 5.41) is 3.59. The molecule has 0 heterocycles. The van der Waals surface area contributed by atoms with E-state index < -0.39 is 0 Å². The van der Waals surface area contributed by atoms with Crippen LogP contribution in [-0.4, -0.2) is 19.2 Å². The van der Waals surface area contributed by atoms with Crippen LogP contribution in [-0.2, 0) is 0 Å². The van der Waals surface area contributed by atoms with Crippen LogP contribution in [0.1, 0.15) is 37.7 Å². The molecule has 0 aliphatic heterocycles. The van der Waals surface area contributed by atoms with Gasteiger partial charge in [0.05, 0.1) is 0 Å². The fourth-order valence-corrected chi connectivity index (χ4v) is 2.45. The van der Waals surface area contributed by atoms with Crippen LogP contribution in [0.15, 0.2) is 24.3 Å². The molecule has 1 aromatic carbocycles. The van der Waals surface area contributed by atoms with Gasteiger partial charge in [-0.15, -0.1) is 12.4 Å². The minimum Gasteiger partial charge on any atom is -0.492 e. The molecule has 0 atom stereocenters. The second kappa shape index (κ2) is 8.39. The van der Waals surface area contributed by atoms with Crippen LogP contribution in [0.5, 0.6) is 5.75 Å². The van der Waals surface area contributed by atoms with Crippen molar-refractivity contribution in [1.82, 2.24) is 5.32 Å². The number of aryl methyl sites for hydroxylation is 1. The zero-order chi connectivity index (χ0) is 11.9. The lowest BCUT2D eigenvalue weighted by Crippen LogP contribution is -2.34. The second-order valence-electron chi connectivity index (χ2n) is 4.90. The minimum atomic E-state index is 0. The predicted octanol–water partition coefficient (Wildman–Crippen LogP) is 3.72. The Morgan fingerprint density at radius 3 is 2.61 bits per heavy atom. The SMILES string of the molecule is Cc1ccccc1OCCNC1CCCCC1.Cl. The molecule has 2 nitrogen and oxygen atoms in total. The van der Waals surface area contributed by atoms with Crippen LogP contribution in [0.2, 0.25) is 0 Å². The second-order valence-corrected chi connectivity index (χ2v) is 4.90. The summed E-state index contributed by atoms with van der Waals surface area (Å²) < 4.78 is 5.77. The molecule has 1 N–H and O–H groups in total. The van der Waals surface area contributed by atoms with Gasteiger partial charge in [-0.1, -0.05) is 37.5 Å². The lowest BCUT2D eigenvalue weighted by Gasteiger charge is -2.22. The van der Waals surface area contributed by atoms with E-state index in [2.05, 4.69) is 18.3 Å². The van der Waals surface area contributed by atoms with Gasteiger partial charge in [-0.25, -0.2) is 0 Å². The van der Waals surface area contributed by atoms with Crippen molar-refractivity contribution in [3.63, 3.8) is 0 Å². The molecule has 2 rings (SSSR count). The highest BCUT2D eigenvalue weighted by atomic mass is 35.5. The van der Waals surface area contributed by atoms with Gasteiger partial charge in [0.2, 0.25) is 0 Å². The molecular weight excluding hydrogens is 246 g/mol. The molecule has 102 valence electrons. The first kappa shape index (κ1) is 15.3. The highest BCUT2D eigenvalue weighted by molar-refractivity contribution is 5.85. The van der Waals surface area contributed by atoms with Gasteiger partial charge in [0, 0.05) is 12.6 Å². The largest absolute Gasteiger partial charge is 0.492 e. The van der Waals surface area contributed by atoms with Gasteiger partial charge in [-0.2, -0.15) is 0 Å². The molecule has 1 aliphatic carbocycles. The lowest BCUT2D eigenvalue weighted by molar-refractivity contribution is 0.288. The third-order valence-corrected chi connectivity index (χ3v) is 3.49. The van der Waals surface area contributed by atoms with E-state index in [1.165, 1.54) is 37.7 Å². The Balaban J connectivity index is 0.00000162. The Bertz CT molecular complexity index is 337. The number of benzene rings is 1. The number of nitrogens with one attached hydrogen (secondary N) is 1. The van der Waals surface area contributed by atoms with E-state index in [1.54, 1.807) is 0 Å². The maximum atomic E-state index is 5.77. The highest BCUT2D eigenvalue weighted by Gasteiger charge is 2.11. The molecule has 0 radical (unpaired) electrons. The number of halogens is 1. The fraction of sp³-hybridized carbons (Fsp3) is 0.600. The van der Waals surface area contributed by atoms with Crippen molar-refractivity contribution >= 4 is 12.4 Å². The minimum absolute atomic E-state index is 0. The summed E-state index contributed by atoms with van der Waals surface area (Å²) in [6.07, 6.45) is 6.86. The predicted molar refractivity (Wildman–Crippen MR) is 78.8 cm³/mol. The Morgan fingerprint density at radius 2 is 1.89 bits per heavy atom. The van der Waals surface area contributed by atoms with Gasteiger partial charge in [0.1, 0.15) is 12.4 Å². The monoisotopic (exact) mass is 269 g/mol. The summed E-state index contributed by atoms with van der Waals surface area (Å²) in [5.41, 5.74) is 1.21. The normalized spacial score (nSPS) is 16.1. The summed E-state index contributed by atoms with van der Waals surface area (Å²) in [6, 6.07) is 8.92. The van der Waals surface area contributed by atoms with E-state index >= 15 is 0 Å². The molecule has 18 heavy (non-hydrogen) atoms. The van der Waals surface area contributed by atoms with Crippen molar-refractivity contribution in [2.24, 2.45) is 0 Å². The summed E-state index contributed by atoms with van der Waals surface area (Å²) >= 11 is 0. The lowest BCUT2D eigenvalue weighted by atomic mass is 9.96. The van der Waals surface area contributed by atoms with Crippen LogP contribution in [0.3, 0.4) is 0 Å². The van der Waals surface area contributed by atoms with Crippen LogP contribution >= 0.6 is 12.4 Å². The molecular formula is C15H24ClNO. The Hall–Kier alpha value is -0.730. The van der Waals surface area contributed by atoms with Crippen molar-refractivity contribution in [2.75, 3.05) is 13.2 Å². The average molecular weight is 270 g/mol. The van der Waals surface area contributed by atoms with E-state index in [0.717, 1.165) is 24.9 Å². The number of ether oxygens (including phenoxy) is 1. The standard InChI is InChI=1S/C15H23NO.ClH/c1-13-7-5-6-10-15(13)17-12-11-16-14-8-3-2-4-9-14;/h5-7,10,14,16H,2-4,8-9,11-12H2,1H3;1H. The van der Waals surface area contributed by atoms with Crippen LogP contribution in [0.25, 0.3) is 0 Å². The smallest absolute Gasteiger partial charge is 0.122 e. The highest BCUT2D eigenvalue weighted by Crippen LogP contribution is 2.18. The van der Waals surface area contributed by atoms with Crippen molar-refractivity contribution in [3.05, 3.63) is 29.8 Å². The summed E-state index contributed by atoms with van der Waals surface area (Å²) in [5.74, 6) is 1.01. The van der Waals surface area contributed by atoms with Crippen molar-refractivity contribution in [3.8, 4) is 5.75 Å². The zero-order valence-corrected chi connectivity index (χ0v) is 12.0. The molecule has 1 aliphatic rings. The van der Waals surface area contributed by atoms with Gasteiger partial charge >= 0.3 is 0 Å². The van der Waals surface area contributed by atoms with Crippen LogP contribution in [0, 0.1) is 6.92 Å². The topological polar surface area (TPSA) is 21.3 Å². The van der Waals surface area contributed by atoms with Crippen molar-refractivity contribution in [2.45, 2.75) is 45.1 Å². The van der Waals surface area contributed by atoms with Gasteiger partial charge in [-0.3, -0.25) is 0 Å². The average Bonchev–Trinajstić information content (AvgIpc) is 2.38. The van der Waals surface area contributed by atoms with E-state index in [9.17, 15) is 0 Å². The molecule has 3 heteroatoms. The third kappa shape index (κ3) is 4.87. The molecule has 0 aromatic heterocycles. The van der Waals surface area contributed by atoms with E-state index in [1.807, 2.05) is 18.2 Å². The number of para-hydroxylation sites is 1. The maximum absolute atomic E-state index is 5.77. The molecule has 1 saturated carbocycles. The van der Waals surface area contributed by atoms with Crippen molar-refractivity contribution in [1.29, 1.82) is 0 Å².